The monoisotopic (exact) mass is 353 g/mol. The Morgan fingerprint density at radius 2 is 1.69 bits per heavy atom. The molecule has 1 fully saturated rings. The van der Waals surface area contributed by atoms with Gasteiger partial charge in [-0.1, -0.05) is 37.3 Å². The molecule has 138 valence electrons. The van der Waals surface area contributed by atoms with Crippen molar-refractivity contribution in [3.8, 4) is 0 Å². The Morgan fingerprint density at radius 1 is 1.00 bits per heavy atom. The quantitative estimate of drug-likeness (QED) is 0.853. The van der Waals surface area contributed by atoms with Crippen molar-refractivity contribution in [2.75, 3.05) is 42.9 Å². The zero-order chi connectivity index (χ0) is 18.2. The van der Waals surface area contributed by atoms with Crippen LogP contribution in [0.2, 0.25) is 0 Å². The SMILES string of the molecule is CCCN1CCN(c2ccc(NC(=O)OCc3ccccc3)cc2)CC1. The predicted molar refractivity (Wildman–Crippen MR) is 106 cm³/mol. The van der Waals surface area contributed by atoms with Crippen LogP contribution >= 0.6 is 0 Å². The summed E-state index contributed by atoms with van der Waals surface area (Å²) < 4.78 is 5.25. The highest BCUT2D eigenvalue weighted by molar-refractivity contribution is 5.84. The van der Waals surface area contributed by atoms with E-state index in [4.69, 9.17) is 4.74 Å². The molecule has 1 N–H and O–H groups in total. The van der Waals surface area contributed by atoms with Crippen LogP contribution in [0, 0.1) is 0 Å². The van der Waals surface area contributed by atoms with Gasteiger partial charge in [0.15, 0.2) is 0 Å². The highest BCUT2D eigenvalue weighted by Crippen LogP contribution is 2.20. The number of hydrogen-bond acceptors (Lipinski definition) is 4. The fraction of sp³-hybridized carbons (Fsp3) is 0.381. The lowest BCUT2D eigenvalue weighted by atomic mass is 10.2. The molecule has 3 rings (SSSR count). The van der Waals surface area contributed by atoms with Gasteiger partial charge in [-0.25, -0.2) is 4.79 Å². The van der Waals surface area contributed by atoms with Crippen molar-refractivity contribution in [1.82, 2.24) is 4.90 Å². The van der Waals surface area contributed by atoms with Crippen LogP contribution in [0.25, 0.3) is 0 Å². The molecule has 0 bridgehead atoms. The Bertz CT molecular complexity index is 680. The molecule has 5 nitrogen and oxygen atoms in total. The van der Waals surface area contributed by atoms with Crippen molar-refractivity contribution in [2.24, 2.45) is 0 Å². The highest BCUT2D eigenvalue weighted by Gasteiger charge is 2.16. The summed E-state index contributed by atoms with van der Waals surface area (Å²) in [6.45, 7) is 7.99. The number of rotatable bonds is 6. The molecule has 0 spiro atoms. The summed E-state index contributed by atoms with van der Waals surface area (Å²) in [6.07, 6.45) is 0.774. The van der Waals surface area contributed by atoms with Crippen LogP contribution in [0.1, 0.15) is 18.9 Å². The van der Waals surface area contributed by atoms with Crippen molar-refractivity contribution in [3.05, 3.63) is 60.2 Å². The molecule has 0 radical (unpaired) electrons. The second kappa shape index (κ2) is 9.25. The number of amides is 1. The van der Waals surface area contributed by atoms with Gasteiger partial charge in [0.2, 0.25) is 0 Å². The van der Waals surface area contributed by atoms with E-state index in [1.54, 1.807) is 0 Å². The normalized spacial score (nSPS) is 14.9. The van der Waals surface area contributed by atoms with E-state index in [9.17, 15) is 4.79 Å². The fourth-order valence-electron chi connectivity index (χ4n) is 3.18. The van der Waals surface area contributed by atoms with E-state index >= 15 is 0 Å². The standard InChI is InChI=1S/C21H27N3O2/c1-2-12-23-13-15-24(16-14-23)20-10-8-19(9-11-20)22-21(25)26-17-18-6-4-3-5-7-18/h3-11H,2,12-17H2,1H3,(H,22,25). The first-order valence-electron chi connectivity index (χ1n) is 9.29. The van der Waals surface area contributed by atoms with Crippen molar-refractivity contribution in [3.63, 3.8) is 0 Å². The van der Waals surface area contributed by atoms with Gasteiger partial charge in [0.1, 0.15) is 6.61 Å². The smallest absolute Gasteiger partial charge is 0.411 e. The van der Waals surface area contributed by atoms with Crippen LogP contribution in [0.15, 0.2) is 54.6 Å². The third-order valence-electron chi connectivity index (χ3n) is 4.60. The third kappa shape index (κ3) is 5.23. The Morgan fingerprint density at radius 3 is 2.35 bits per heavy atom. The van der Waals surface area contributed by atoms with E-state index in [-0.39, 0.29) is 6.61 Å². The first-order chi connectivity index (χ1) is 12.7. The molecule has 1 heterocycles. The summed E-state index contributed by atoms with van der Waals surface area (Å²) in [5, 5.41) is 2.78. The molecule has 0 aliphatic carbocycles. The van der Waals surface area contributed by atoms with Gasteiger partial charge in [-0.2, -0.15) is 0 Å². The number of benzene rings is 2. The van der Waals surface area contributed by atoms with E-state index in [2.05, 4.69) is 34.2 Å². The maximum absolute atomic E-state index is 11.9. The van der Waals surface area contributed by atoms with E-state index in [1.807, 2.05) is 42.5 Å². The molecule has 0 aromatic heterocycles. The van der Waals surface area contributed by atoms with E-state index in [0.717, 1.165) is 37.4 Å². The Balaban J connectivity index is 1.46. The summed E-state index contributed by atoms with van der Waals surface area (Å²) in [4.78, 5) is 16.8. The molecular formula is C21H27N3O2. The number of carbonyl (C=O) groups is 1. The van der Waals surface area contributed by atoms with Crippen molar-refractivity contribution >= 4 is 17.5 Å². The van der Waals surface area contributed by atoms with Crippen LogP contribution in [-0.4, -0.2) is 43.7 Å². The molecular weight excluding hydrogens is 326 g/mol. The highest BCUT2D eigenvalue weighted by atomic mass is 16.5. The number of piperazine rings is 1. The second-order valence-electron chi connectivity index (χ2n) is 6.56. The molecule has 2 aromatic rings. The lowest BCUT2D eigenvalue weighted by Gasteiger charge is -2.36. The topological polar surface area (TPSA) is 44.8 Å². The molecule has 5 heteroatoms. The summed E-state index contributed by atoms with van der Waals surface area (Å²) >= 11 is 0. The lowest BCUT2D eigenvalue weighted by Crippen LogP contribution is -2.46. The van der Waals surface area contributed by atoms with Gasteiger partial charge in [-0.15, -0.1) is 0 Å². The fourth-order valence-corrected chi connectivity index (χ4v) is 3.18. The summed E-state index contributed by atoms with van der Waals surface area (Å²) in [7, 11) is 0. The minimum absolute atomic E-state index is 0.271. The van der Waals surface area contributed by atoms with E-state index in [1.165, 1.54) is 18.7 Å². The van der Waals surface area contributed by atoms with Gasteiger partial charge < -0.3 is 9.64 Å². The van der Waals surface area contributed by atoms with Gasteiger partial charge in [0.25, 0.3) is 0 Å². The van der Waals surface area contributed by atoms with Gasteiger partial charge in [0.05, 0.1) is 0 Å². The Labute approximate surface area is 155 Å². The average molecular weight is 353 g/mol. The molecule has 1 amide bonds. The van der Waals surface area contributed by atoms with Gasteiger partial charge in [-0.3, -0.25) is 10.2 Å². The first-order valence-corrected chi connectivity index (χ1v) is 9.29. The Kier molecular flexibility index (Phi) is 6.50. The molecule has 1 saturated heterocycles. The molecule has 1 aliphatic rings. The van der Waals surface area contributed by atoms with Crippen molar-refractivity contribution < 1.29 is 9.53 Å². The maximum Gasteiger partial charge on any atom is 0.411 e. The molecule has 26 heavy (non-hydrogen) atoms. The average Bonchev–Trinajstić information content (AvgIpc) is 2.69. The van der Waals surface area contributed by atoms with Crippen molar-refractivity contribution in [1.29, 1.82) is 0 Å². The zero-order valence-electron chi connectivity index (χ0n) is 15.4. The number of nitrogens with zero attached hydrogens (tertiary/aromatic N) is 2. The first kappa shape index (κ1) is 18.3. The molecule has 2 aromatic carbocycles. The van der Waals surface area contributed by atoms with Crippen LogP contribution < -0.4 is 10.2 Å². The minimum atomic E-state index is -0.435. The van der Waals surface area contributed by atoms with Crippen LogP contribution in [0.5, 0.6) is 0 Å². The molecule has 0 unspecified atom stereocenters. The maximum atomic E-state index is 11.9. The molecule has 0 atom stereocenters. The summed E-state index contributed by atoms with van der Waals surface area (Å²) in [6, 6.07) is 17.6. The lowest BCUT2D eigenvalue weighted by molar-refractivity contribution is 0.155. The number of nitrogens with one attached hydrogen (secondary N) is 1. The number of carbonyl (C=O) groups excluding carboxylic acids is 1. The zero-order valence-corrected chi connectivity index (χ0v) is 15.4. The number of hydrogen-bond donors (Lipinski definition) is 1. The van der Waals surface area contributed by atoms with E-state index in [0.29, 0.717) is 0 Å². The summed E-state index contributed by atoms with van der Waals surface area (Å²) in [5.41, 5.74) is 2.92. The number of ether oxygens (including phenoxy) is 1. The van der Waals surface area contributed by atoms with Crippen LogP contribution in [0.3, 0.4) is 0 Å². The predicted octanol–water partition coefficient (Wildman–Crippen LogP) is 3.97. The van der Waals surface area contributed by atoms with E-state index < -0.39 is 6.09 Å². The summed E-state index contributed by atoms with van der Waals surface area (Å²) in [5.74, 6) is 0. The number of anilines is 2. The molecule has 0 saturated carbocycles. The van der Waals surface area contributed by atoms with Crippen LogP contribution in [-0.2, 0) is 11.3 Å². The van der Waals surface area contributed by atoms with Crippen molar-refractivity contribution in [2.45, 2.75) is 20.0 Å². The van der Waals surface area contributed by atoms with Crippen LogP contribution in [0.4, 0.5) is 16.2 Å². The van der Waals surface area contributed by atoms with Gasteiger partial charge >= 0.3 is 6.09 Å². The Hall–Kier alpha value is -2.53. The largest absolute Gasteiger partial charge is 0.444 e. The minimum Gasteiger partial charge on any atom is -0.444 e. The van der Waals surface area contributed by atoms with Gasteiger partial charge in [-0.05, 0) is 42.8 Å². The molecule has 1 aliphatic heterocycles. The third-order valence-corrected chi connectivity index (χ3v) is 4.60. The van der Waals surface area contributed by atoms with Gasteiger partial charge in [0, 0.05) is 37.6 Å². The second-order valence-corrected chi connectivity index (χ2v) is 6.56.